The van der Waals surface area contributed by atoms with E-state index >= 15 is 0 Å². The number of rotatable bonds is 8. The van der Waals surface area contributed by atoms with Crippen LogP contribution in [0, 0.1) is 5.92 Å². The lowest BCUT2D eigenvalue weighted by atomic mass is 9.69. The van der Waals surface area contributed by atoms with Crippen LogP contribution in [0.2, 0.25) is 0 Å². The molecule has 1 aliphatic carbocycles. The molecule has 1 atom stereocenters. The Morgan fingerprint density at radius 1 is 1.09 bits per heavy atom. The Hall–Kier alpha value is -2.33. The SMILES string of the molecule is CC[C@]1(C)Cc2ccccc2-c2nc(SCCC(C)C)n(CCc3ccccc3)c(=O)c21. The quantitative estimate of drug-likeness (QED) is 0.292. The summed E-state index contributed by atoms with van der Waals surface area (Å²) >= 11 is 1.73. The smallest absolute Gasteiger partial charge is 0.258 e. The fourth-order valence-electron chi connectivity index (χ4n) is 4.57. The zero-order valence-corrected chi connectivity index (χ0v) is 20.5. The molecule has 0 spiro atoms. The van der Waals surface area contributed by atoms with Crippen molar-refractivity contribution in [3.05, 3.63) is 81.6 Å². The first kappa shape index (κ1) is 22.8. The van der Waals surface area contributed by atoms with Gasteiger partial charge in [-0.05, 0) is 42.7 Å². The average molecular weight is 447 g/mol. The van der Waals surface area contributed by atoms with E-state index in [1.165, 1.54) is 11.1 Å². The van der Waals surface area contributed by atoms with Crippen molar-refractivity contribution < 1.29 is 0 Å². The molecule has 0 radical (unpaired) electrons. The van der Waals surface area contributed by atoms with Gasteiger partial charge in [-0.2, -0.15) is 0 Å². The van der Waals surface area contributed by atoms with E-state index < -0.39 is 0 Å². The monoisotopic (exact) mass is 446 g/mol. The molecule has 1 aromatic heterocycles. The highest BCUT2D eigenvalue weighted by Crippen LogP contribution is 2.43. The number of aryl methyl sites for hydroxylation is 1. The molecule has 1 heterocycles. The van der Waals surface area contributed by atoms with Gasteiger partial charge >= 0.3 is 0 Å². The van der Waals surface area contributed by atoms with Gasteiger partial charge in [-0.3, -0.25) is 9.36 Å². The zero-order chi connectivity index (χ0) is 22.7. The average Bonchev–Trinajstić information content (AvgIpc) is 2.79. The summed E-state index contributed by atoms with van der Waals surface area (Å²) in [6.45, 7) is 9.57. The number of thioether (sulfide) groups is 1. The molecule has 0 saturated carbocycles. The second-order valence-electron chi connectivity index (χ2n) is 9.59. The van der Waals surface area contributed by atoms with E-state index in [1.807, 2.05) is 10.6 Å². The Morgan fingerprint density at radius 2 is 1.81 bits per heavy atom. The summed E-state index contributed by atoms with van der Waals surface area (Å²) in [7, 11) is 0. The first-order valence-electron chi connectivity index (χ1n) is 11.8. The van der Waals surface area contributed by atoms with Crippen molar-refractivity contribution in [3.63, 3.8) is 0 Å². The Labute approximate surface area is 196 Å². The van der Waals surface area contributed by atoms with E-state index in [2.05, 4.69) is 76.2 Å². The van der Waals surface area contributed by atoms with E-state index in [0.29, 0.717) is 12.5 Å². The highest BCUT2D eigenvalue weighted by Gasteiger charge is 2.38. The van der Waals surface area contributed by atoms with Crippen LogP contribution in [0.3, 0.4) is 0 Å². The Bertz CT molecular complexity index is 1140. The summed E-state index contributed by atoms with van der Waals surface area (Å²) in [6.07, 6.45) is 3.75. The van der Waals surface area contributed by atoms with Gasteiger partial charge in [0.15, 0.2) is 5.16 Å². The number of aromatic nitrogens is 2. The van der Waals surface area contributed by atoms with Gasteiger partial charge in [0.25, 0.3) is 5.56 Å². The fraction of sp³-hybridized carbons (Fsp3) is 0.429. The largest absolute Gasteiger partial charge is 0.287 e. The van der Waals surface area contributed by atoms with E-state index in [9.17, 15) is 4.79 Å². The summed E-state index contributed by atoms with van der Waals surface area (Å²) in [6, 6.07) is 18.9. The van der Waals surface area contributed by atoms with Crippen LogP contribution in [0.25, 0.3) is 11.3 Å². The Balaban J connectivity index is 1.83. The van der Waals surface area contributed by atoms with Crippen LogP contribution in [-0.2, 0) is 24.8 Å². The summed E-state index contributed by atoms with van der Waals surface area (Å²) < 4.78 is 1.96. The molecule has 0 saturated heterocycles. The molecule has 32 heavy (non-hydrogen) atoms. The number of fused-ring (bicyclic) bond motifs is 3. The molecular weight excluding hydrogens is 412 g/mol. The normalized spacial score (nSPS) is 17.3. The third-order valence-electron chi connectivity index (χ3n) is 6.76. The molecule has 0 unspecified atom stereocenters. The Morgan fingerprint density at radius 3 is 2.53 bits per heavy atom. The number of hydrogen-bond acceptors (Lipinski definition) is 3. The zero-order valence-electron chi connectivity index (χ0n) is 19.7. The van der Waals surface area contributed by atoms with Crippen molar-refractivity contribution in [1.29, 1.82) is 0 Å². The predicted octanol–water partition coefficient (Wildman–Crippen LogP) is 6.52. The summed E-state index contributed by atoms with van der Waals surface area (Å²) in [5, 5.41) is 0.862. The van der Waals surface area contributed by atoms with E-state index in [1.54, 1.807) is 11.8 Å². The van der Waals surface area contributed by atoms with E-state index in [0.717, 1.165) is 53.4 Å². The highest BCUT2D eigenvalue weighted by molar-refractivity contribution is 7.99. The lowest BCUT2D eigenvalue weighted by molar-refractivity contribution is 0.427. The van der Waals surface area contributed by atoms with Crippen molar-refractivity contribution in [3.8, 4) is 11.3 Å². The number of benzene rings is 2. The van der Waals surface area contributed by atoms with Gasteiger partial charge in [0.2, 0.25) is 0 Å². The fourth-order valence-corrected chi connectivity index (χ4v) is 5.83. The second kappa shape index (κ2) is 9.66. The van der Waals surface area contributed by atoms with Gasteiger partial charge in [0, 0.05) is 23.3 Å². The van der Waals surface area contributed by atoms with Gasteiger partial charge in [0.05, 0.1) is 11.3 Å². The maximum Gasteiger partial charge on any atom is 0.258 e. The van der Waals surface area contributed by atoms with Crippen molar-refractivity contribution in [2.75, 3.05) is 5.75 Å². The van der Waals surface area contributed by atoms with Gasteiger partial charge < -0.3 is 0 Å². The molecule has 0 amide bonds. The molecule has 4 rings (SSSR count). The molecule has 3 nitrogen and oxygen atoms in total. The summed E-state index contributed by atoms with van der Waals surface area (Å²) in [5.41, 5.74) is 5.45. The molecule has 1 aliphatic rings. The minimum atomic E-state index is -0.191. The molecule has 4 heteroatoms. The third-order valence-corrected chi connectivity index (χ3v) is 7.77. The van der Waals surface area contributed by atoms with Crippen molar-refractivity contribution in [2.45, 2.75) is 70.5 Å². The van der Waals surface area contributed by atoms with Crippen molar-refractivity contribution in [2.24, 2.45) is 5.92 Å². The van der Waals surface area contributed by atoms with Gasteiger partial charge in [-0.15, -0.1) is 0 Å². The van der Waals surface area contributed by atoms with Crippen LogP contribution in [0.1, 0.15) is 57.2 Å². The lowest BCUT2D eigenvalue weighted by Gasteiger charge is -2.36. The second-order valence-corrected chi connectivity index (χ2v) is 10.7. The maximum absolute atomic E-state index is 14.0. The van der Waals surface area contributed by atoms with Crippen LogP contribution in [0.4, 0.5) is 0 Å². The van der Waals surface area contributed by atoms with Crippen LogP contribution >= 0.6 is 11.8 Å². The standard InChI is InChI=1S/C28H34N2OS/c1-5-28(4)19-22-13-9-10-14-23(22)25-24(28)26(31)30(17-15-21-11-7-6-8-12-21)27(29-25)32-18-16-20(2)3/h6-14,20H,5,15-19H2,1-4H3/t28-/m1/s1. The Kier molecular flexibility index (Phi) is 6.90. The van der Waals surface area contributed by atoms with E-state index in [4.69, 9.17) is 4.98 Å². The summed E-state index contributed by atoms with van der Waals surface area (Å²) in [5.74, 6) is 1.61. The molecule has 0 aliphatic heterocycles. The lowest BCUT2D eigenvalue weighted by Crippen LogP contribution is -2.40. The van der Waals surface area contributed by atoms with Crippen LogP contribution in [0.15, 0.2) is 64.5 Å². The predicted molar refractivity (Wildman–Crippen MR) is 136 cm³/mol. The molecule has 0 fully saturated rings. The molecular formula is C28H34N2OS. The third kappa shape index (κ3) is 4.56. The maximum atomic E-state index is 14.0. The molecule has 168 valence electrons. The van der Waals surface area contributed by atoms with Gasteiger partial charge in [-0.25, -0.2) is 4.98 Å². The minimum absolute atomic E-state index is 0.150. The van der Waals surface area contributed by atoms with Crippen LogP contribution in [-0.4, -0.2) is 15.3 Å². The molecule has 0 N–H and O–H groups in total. The van der Waals surface area contributed by atoms with E-state index in [-0.39, 0.29) is 11.0 Å². The topological polar surface area (TPSA) is 34.9 Å². The molecule has 0 bridgehead atoms. The number of hydrogen-bond donors (Lipinski definition) is 0. The minimum Gasteiger partial charge on any atom is -0.287 e. The first-order chi connectivity index (χ1) is 15.4. The summed E-state index contributed by atoms with van der Waals surface area (Å²) in [4.78, 5) is 19.2. The van der Waals surface area contributed by atoms with Crippen molar-refractivity contribution in [1.82, 2.24) is 9.55 Å². The van der Waals surface area contributed by atoms with Gasteiger partial charge in [0.1, 0.15) is 0 Å². The first-order valence-corrected chi connectivity index (χ1v) is 12.8. The van der Waals surface area contributed by atoms with Crippen molar-refractivity contribution >= 4 is 11.8 Å². The molecule has 3 aromatic rings. The number of nitrogens with zero attached hydrogens (tertiary/aromatic N) is 2. The van der Waals surface area contributed by atoms with Crippen LogP contribution in [0.5, 0.6) is 0 Å². The highest BCUT2D eigenvalue weighted by atomic mass is 32.2. The molecule has 2 aromatic carbocycles. The van der Waals surface area contributed by atoms with Crippen LogP contribution < -0.4 is 5.56 Å². The van der Waals surface area contributed by atoms with Gasteiger partial charge in [-0.1, -0.05) is 94.1 Å².